The van der Waals surface area contributed by atoms with E-state index in [0.29, 0.717) is 11.3 Å². The minimum absolute atomic E-state index is 0.0182. The van der Waals surface area contributed by atoms with Gasteiger partial charge in [-0.25, -0.2) is 4.39 Å². The maximum absolute atomic E-state index is 15.0. The van der Waals surface area contributed by atoms with Gasteiger partial charge in [0.25, 0.3) is 0 Å². The zero-order valence-corrected chi connectivity index (χ0v) is 19.2. The number of carbonyl (C=O) groups excluding carboxylic acids is 3. The number of rotatable bonds is 8. The molecule has 2 heterocycles. The molecule has 3 amide bonds. The van der Waals surface area contributed by atoms with E-state index in [0.717, 1.165) is 30.6 Å². The summed E-state index contributed by atoms with van der Waals surface area (Å²) in [6, 6.07) is 11.0. The van der Waals surface area contributed by atoms with E-state index in [-0.39, 0.29) is 24.7 Å². The van der Waals surface area contributed by atoms with Gasteiger partial charge >= 0.3 is 11.8 Å². The molecule has 35 heavy (non-hydrogen) atoms. The van der Waals surface area contributed by atoms with Crippen molar-refractivity contribution in [3.63, 3.8) is 0 Å². The molecule has 0 spiro atoms. The SMILES string of the molecule is O=C(NC1CCCC1)C(=O)N(Cc1cccnc1)[C@H](C(=O)NCc1ccco1)c1ccccc1F. The minimum Gasteiger partial charge on any atom is -0.467 e. The van der Waals surface area contributed by atoms with Gasteiger partial charge in [0.1, 0.15) is 17.6 Å². The lowest BCUT2D eigenvalue weighted by molar-refractivity contribution is -0.151. The topological polar surface area (TPSA) is 105 Å². The van der Waals surface area contributed by atoms with Gasteiger partial charge in [-0.15, -0.1) is 0 Å². The summed E-state index contributed by atoms with van der Waals surface area (Å²) in [7, 11) is 0. The van der Waals surface area contributed by atoms with Gasteiger partial charge in [0.15, 0.2) is 0 Å². The molecule has 8 nitrogen and oxygen atoms in total. The highest BCUT2D eigenvalue weighted by atomic mass is 19.1. The van der Waals surface area contributed by atoms with Crippen molar-refractivity contribution in [2.45, 2.75) is 50.9 Å². The lowest BCUT2D eigenvalue weighted by atomic mass is 10.0. The number of nitrogens with one attached hydrogen (secondary N) is 2. The lowest BCUT2D eigenvalue weighted by Crippen LogP contribution is -2.50. The van der Waals surface area contributed by atoms with Crippen LogP contribution < -0.4 is 10.6 Å². The molecule has 1 aromatic carbocycles. The standard InChI is InChI=1S/C26H27FN4O4/c27-22-12-4-3-11-21(22)23(24(32)29-16-20-10-6-14-35-20)31(17-18-7-5-13-28-15-18)26(34)25(33)30-19-8-1-2-9-19/h3-7,10-15,19,23H,1-2,8-9,16-17H2,(H,29,32)(H,30,33)/t23-/m0/s1. The van der Waals surface area contributed by atoms with Crippen LogP contribution in [0.4, 0.5) is 4.39 Å². The number of amides is 3. The monoisotopic (exact) mass is 478 g/mol. The third kappa shape index (κ3) is 6.11. The molecular weight excluding hydrogens is 451 g/mol. The van der Waals surface area contributed by atoms with Crippen molar-refractivity contribution in [3.05, 3.63) is 89.9 Å². The van der Waals surface area contributed by atoms with Gasteiger partial charge in [-0.05, 0) is 42.7 Å². The van der Waals surface area contributed by atoms with Crippen LogP contribution in [-0.2, 0) is 27.5 Å². The summed E-state index contributed by atoms with van der Waals surface area (Å²) >= 11 is 0. The Balaban J connectivity index is 1.67. The molecule has 0 saturated heterocycles. The highest BCUT2D eigenvalue weighted by Crippen LogP contribution is 2.27. The second-order valence-corrected chi connectivity index (χ2v) is 8.47. The predicted molar refractivity (Wildman–Crippen MR) is 125 cm³/mol. The summed E-state index contributed by atoms with van der Waals surface area (Å²) in [5.74, 6) is -2.54. The van der Waals surface area contributed by atoms with Crippen LogP contribution >= 0.6 is 0 Å². The maximum atomic E-state index is 15.0. The van der Waals surface area contributed by atoms with Gasteiger partial charge in [0, 0.05) is 30.5 Å². The number of carbonyl (C=O) groups is 3. The normalized spacial score (nSPS) is 14.3. The van der Waals surface area contributed by atoms with Gasteiger partial charge in [-0.3, -0.25) is 19.4 Å². The molecule has 9 heteroatoms. The van der Waals surface area contributed by atoms with Gasteiger partial charge < -0.3 is 20.0 Å². The molecule has 0 aliphatic heterocycles. The van der Waals surface area contributed by atoms with Gasteiger partial charge in [0.2, 0.25) is 5.91 Å². The van der Waals surface area contributed by atoms with Crippen LogP contribution in [0, 0.1) is 5.82 Å². The Morgan fingerprint density at radius 2 is 1.89 bits per heavy atom. The number of nitrogens with zero attached hydrogens (tertiary/aromatic N) is 2. The Labute approximate surface area is 202 Å². The fourth-order valence-electron chi connectivity index (χ4n) is 4.25. The number of benzene rings is 1. The van der Waals surface area contributed by atoms with Crippen molar-refractivity contribution < 1.29 is 23.2 Å². The molecule has 182 valence electrons. The van der Waals surface area contributed by atoms with Crippen molar-refractivity contribution in [3.8, 4) is 0 Å². The first-order chi connectivity index (χ1) is 17.0. The Morgan fingerprint density at radius 1 is 1.09 bits per heavy atom. The Bertz CT molecular complexity index is 1150. The van der Waals surface area contributed by atoms with Crippen LogP contribution in [0.5, 0.6) is 0 Å². The molecule has 1 fully saturated rings. The number of hydrogen-bond acceptors (Lipinski definition) is 5. The number of pyridine rings is 1. The molecule has 1 saturated carbocycles. The first kappa shape index (κ1) is 24.1. The number of halogens is 1. The van der Waals surface area contributed by atoms with Crippen LogP contribution in [-0.4, -0.2) is 33.6 Å². The largest absolute Gasteiger partial charge is 0.467 e. The van der Waals surface area contributed by atoms with E-state index >= 15 is 0 Å². The molecule has 1 aliphatic rings. The second kappa shape index (κ2) is 11.4. The summed E-state index contributed by atoms with van der Waals surface area (Å²) in [6.45, 7) is -0.0715. The van der Waals surface area contributed by atoms with Crippen LogP contribution in [0.15, 0.2) is 71.6 Å². The van der Waals surface area contributed by atoms with Crippen LogP contribution in [0.1, 0.15) is 48.6 Å². The molecule has 0 unspecified atom stereocenters. The average Bonchev–Trinajstić information content (AvgIpc) is 3.58. The third-order valence-corrected chi connectivity index (χ3v) is 6.00. The van der Waals surface area contributed by atoms with E-state index < -0.39 is 29.6 Å². The zero-order valence-electron chi connectivity index (χ0n) is 19.2. The smallest absolute Gasteiger partial charge is 0.313 e. The zero-order chi connectivity index (χ0) is 24.6. The van der Waals surface area contributed by atoms with Crippen molar-refractivity contribution in [1.82, 2.24) is 20.5 Å². The van der Waals surface area contributed by atoms with Crippen molar-refractivity contribution in [1.29, 1.82) is 0 Å². The third-order valence-electron chi connectivity index (χ3n) is 6.00. The summed E-state index contributed by atoms with van der Waals surface area (Å²) in [5, 5.41) is 5.48. The molecule has 1 aliphatic carbocycles. The number of aromatic nitrogens is 1. The molecule has 1 atom stereocenters. The van der Waals surface area contributed by atoms with Crippen LogP contribution in [0.2, 0.25) is 0 Å². The highest BCUT2D eigenvalue weighted by Gasteiger charge is 2.37. The Hall–Kier alpha value is -4.01. The van der Waals surface area contributed by atoms with E-state index in [9.17, 15) is 18.8 Å². The molecule has 0 radical (unpaired) electrons. The van der Waals surface area contributed by atoms with Crippen LogP contribution in [0.3, 0.4) is 0 Å². The molecule has 2 aromatic heterocycles. The second-order valence-electron chi connectivity index (χ2n) is 8.47. The average molecular weight is 479 g/mol. The van der Waals surface area contributed by atoms with E-state index in [1.807, 2.05) is 0 Å². The van der Waals surface area contributed by atoms with E-state index in [4.69, 9.17) is 4.42 Å². The molecular formula is C26H27FN4O4. The first-order valence-corrected chi connectivity index (χ1v) is 11.6. The predicted octanol–water partition coefficient (Wildman–Crippen LogP) is 3.26. The van der Waals surface area contributed by atoms with Crippen molar-refractivity contribution in [2.75, 3.05) is 0 Å². The Morgan fingerprint density at radius 3 is 2.57 bits per heavy atom. The summed E-state index contributed by atoms with van der Waals surface area (Å²) in [6.07, 6.45) is 8.13. The molecule has 3 aromatic rings. The fourth-order valence-corrected chi connectivity index (χ4v) is 4.25. The summed E-state index contributed by atoms with van der Waals surface area (Å²) in [4.78, 5) is 45.0. The summed E-state index contributed by atoms with van der Waals surface area (Å²) in [5.41, 5.74) is 0.574. The first-order valence-electron chi connectivity index (χ1n) is 11.6. The van der Waals surface area contributed by atoms with Gasteiger partial charge in [-0.1, -0.05) is 37.1 Å². The molecule has 0 bridgehead atoms. The van der Waals surface area contributed by atoms with Crippen LogP contribution in [0.25, 0.3) is 0 Å². The quantitative estimate of drug-likeness (QED) is 0.484. The maximum Gasteiger partial charge on any atom is 0.313 e. The number of hydrogen-bond donors (Lipinski definition) is 2. The fraction of sp³-hybridized carbons (Fsp3) is 0.308. The van der Waals surface area contributed by atoms with E-state index in [1.54, 1.807) is 36.5 Å². The Kier molecular flexibility index (Phi) is 7.87. The minimum atomic E-state index is -1.40. The van der Waals surface area contributed by atoms with Gasteiger partial charge in [-0.2, -0.15) is 0 Å². The highest BCUT2D eigenvalue weighted by molar-refractivity contribution is 6.35. The number of furan rings is 1. The van der Waals surface area contributed by atoms with E-state index in [2.05, 4.69) is 15.6 Å². The van der Waals surface area contributed by atoms with Crippen molar-refractivity contribution >= 4 is 17.7 Å². The van der Waals surface area contributed by atoms with Gasteiger partial charge in [0.05, 0.1) is 12.8 Å². The summed E-state index contributed by atoms with van der Waals surface area (Å²) < 4.78 is 20.2. The van der Waals surface area contributed by atoms with E-state index in [1.165, 1.54) is 30.7 Å². The van der Waals surface area contributed by atoms with Crippen molar-refractivity contribution in [2.24, 2.45) is 0 Å². The molecule has 4 rings (SSSR count). The molecule has 2 N–H and O–H groups in total. The lowest BCUT2D eigenvalue weighted by Gasteiger charge is -2.31.